The van der Waals surface area contributed by atoms with E-state index in [1.165, 1.54) is 23.9 Å². The largest absolute Gasteiger partial charge is 0.497 e. The Morgan fingerprint density at radius 2 is 1.92 bits per heavy atom. The summed E-state index contributed by atoms with van der Waals surface area (Å²) in [4.78, 5) is 11.7. The van der Waals surface area contributed by atoms with Gasteiger partial charge in [-0.25, -0.2) is 4.39 Å². The Morgan fingerprint density at radius 3 is 2.67 bits per heavy atom. The normalized spacial score (nSPS) is 10.2. The van der Waals surface area contributed by atoms with Crippen LogP contribution in [0.25, 0.3) is 0 Å². The third kappa shape index (κ3) is 6.50. The van der Waals surface area contributed by atoms with Crippen LogP contribution in [0.1, 0.15) is 5.56 Å². The van der Waals surface area contributed by atoms with Crippen LogP contribution in [0.2, 0.25) is 0 Å². The quantitative estimate of drug-likeness (QED) is 0.706. The van der Waals surface area contributed by atoms with Gasteiger partial charge in [-0.1, -0.05) is 18.2 Å². The summed E-state index contributed by atoms with van der Waals surface area (Å²) in [6, 6.07) is 13.6. The summed E-state index contributed by atoms with van der Waals surface area (Å²) in [7, 11) is 1.60. The Balaban J connectivity index is 1.58. The van der Waals surface area contributed by atoms with Gasteiger partial charge in [-0.2, -0.15) is 0 Å². The molecule has 2 aromatic rings. The highest BCUT2D eigenvalue weighted by molar-refractivity contribution is 7.99. The SMILES string of the molecule is COc1cccc(OCCNC(=O)CSCc2ccc(F)cc2)c1. The minimum absolute atomic E-state index is 0.0450. The molecule has 2 aromatic carbocycles. The Kier molecular flexibility index (Phi) is 7.42. The van der Waals surface area contributed by atoms with E-state index in [4.69, 9.17) is 9.47 Å². The van der Waals surface area contributed by atoms with Crippen molar-refractivity contribution in [1.82, 2.24) is 5.32 Å². The fourth-order valence-electron chi connectivity index (χ4n) is 1.94. The van der Waals surface area contributed by atoms with Crippen molar-refractivity contribution in [3.63, 3.8) is 0 Å². The molecule has 0 heterocycles. The zero-order valence-electron chi connectivity index (χ0n) is 13.5. The molecule has 0 radical (unpaired) electrons. The molecule has 0 aliphatic heterocycles. The summed E-state index contributed by atoms with van der Waals surface area (Å²) in [5.74, 6) is 2.17. The van der Waals surface area contributed by atoms with E-state index < -0.39 is 0 Å². The first-order valence-electron chi connectivity index (χ1n) is 7.53. The minimum atomic E-state index is -0.252. The zero-order valence-corrected chi connectivity index (χ0v) is 14.3. The molecule has 24 heavy (non-hydrogen) atoms. The summed E-state index contributed by atoms with van der Waals surface area (Å²) < 4.78 is 23.4. The third-order valence-corrected chi connectivity index (χ3v) is 4.15. The van der Waals surface area contributed by atoms with E-state index in [9.17, 15) is 9.18 Å². The van der Waals surface area contributed by atoms with Crippen molar-refractivity contribution < 1.29 is 18.7 Å². The molecule has 0 aromatic heterocycles. The number of benzene rings is 2. The van der Waals surface area contributed by atoms with E-state index >= 15 is 0 Å². The molecule has 0 fully saturated rings. The predicted molar refractivity (Wildman–Crippen MR) is 94.1 cm³/mol. The van der Waals surface area contributed by atoms with E-state index in [1.807, 2.05) is 18.2 Å². The lowest BCUT2D eigenvalue weighted by molar-refractivity contribution is -0.118. The predicted octanol–water partition coefficient (Wildman–Crippen LogP) is 3.26. The maximum atomic E-state index is 12.8. The Morgan fingerprint density at radius 1 is 1.17 bits per heavy atom. The van der Waals surface area contributed by atoms with Crippen LogP contribution in [0.3, 0.4) is 0 Å². The fraction of sp³-hybridized carbons (Fsp3) is 0.278. The molecule has 128 valence electrons. The molecule has 0 aliphatic rings. The van der Waals surface area contributed by atoms with Crippen molar-refractivity contribution in [2.24, 2.45) is 0 Å². The van der Waals surface area contributed by atoms with Crippen LogP contribution >= 0.6 is 11.8 Å². The number of hydrogen-bond donors (Lipinski definition) is 1. The van der Waals surface area contributed by atoms with Gasteiger partial charge >= 0.3 is 0 Å². The highest BCUT2D eigenvalue weighted by atomic mass is 32.2. The average molecular weight is 349 g/mol. The number of amides is 1. The molecule has 1 N–H and O–H groups in total. The second-order valence-corrected chi connectivity index (χ2v) is 5.98. The first-order chi connectivity index (χ1) is 11.7. The van der Waals surface area contributed by atoms with Gasteiger partial charge in [0.15, 0.2) is 0 Å². The van der Waals surface area contributed by atoms with Crippen LogP contribution in [-0.2, 0) is 10.5 Å². The van der Waals surface area contributed by atoms with Crippen molar-refractivity contribution >= 4 is 17.7 Å². The van der Waals surface area contributed by atoms with E-state index in [0.717, 1.165) is 11.3 Å². The van der Waals surface area contributed by atoms with Crippen molar-refractivity contribution in [1.29, 1.82) is 0 Å². The summed E-state index contributed by atoms with van der Waals surface area (Å²) in [5.41, 5.74) is 0.996. The van der Waals surface area contributed by atoms with Crippen molar-refractivity contribution in [3.05, 3.63) is 59.9 Å². The number of nitrogens with one attached hydrogen (secondary N) is 1. The maximum Gasteiger partial charge on any atom is 0.230 e. The highest BCUT2D eigenvalue weighted by Gasteiger charge is 2.02. The molecule has 0 spiro atoms. The lowest BCUT2D eigenvalue weighted by Crippen LogP contribution is -2.29. The fourth-order valence-corrected chi connectivity index (χ4v) is 2.76. The zero-order chi connectivity index (χ0) is 17.2. The highest BCUT2D eigenvalue weighted by Crippen LogP contribution is 2.18. The second-order valence-electron chi connectivity index (χ2n) is 5.00. The van der Waals surface area contributed by atoms with Crippen molar-refractivity contribution in [3.8, 4) is 11.5 Å². The number of rotatable bonds is 9. The van der Waals surface area contributed by atoms with Gasteiger partial charge in [-0.3, -0.25) is 4.79 Å². The first-order valence-corrected chi connectivity index (χ1v) is 8.68. The smallest absolute Gasteiger partial charge is 0.230 e. The number of methoxy groups -OCH3 is 1. The molecular weight excluding hydrogens is 329 g/mol. The molecule has 2 rings (SSSR count). The topological polar surface area (TPSA) is 47.6 Å². The van der Waals surface area contributed by atoms with Crippen LogP contribution in [0.15, 0.2) is 48.5 Å². The molecule has 1 amide bonds. The number of halogens is 1. The molecule has 0 unspecified atom stereocenters. The summed E-state index contributed by atoms with van der Waals surface area (Å²) >= 11 is 1.49. The van der Waals surface area contributed by atoms with E-state index in [1.54, 1.807) is 25.3 Å². The van der Waals surface area contributed by atoms with Gasteiger partial charge in [0.25, 0.3) is 0 Å². The van der Waals surface area contributed by atoms with Crippen LogP contribution in [0.5, 0.6) is 11.5 Å². The first kappa shape index (κ1) is 18.1. The summed E-state index contributed by atoms with van der Waals surface area (Å²) in [5, 5.41) is 2.80. The minimum Gasteiger partial charge on any atom is -0.497 e. The Hall–Kier alpha value is -2.21. The van der Waals surface area contributed by atoms with Gasteiger partial charge in [0, 0.05) is 11.8 Å². The number of ether oxygens (including phenoxy) is 2. The third-order valence-electron chi connectivity index (χ3n) is 3.15. The average Bonchev–Trinajstić information content (AvgIpc) is 2.61. The number of thioether (sulfide) groups is 1. The molecule has 0 saturated heterocycles. The van der Waals surface area contributed by atoms with Crippen LogP contribution < -0.4 is 14.8 Å². The van der Waals surface area contributed by atoms with Crippen molar-refractivity contribution in [2.75, 3.05) is 26.0 Å². The number of carbonyl (C=O) groups excluding carboxylic acids is 1. The van der Waals surface area contributed by atoms with Gasteiger partial charge in [0.1, 0.15) is 23.9 Å². The standard InChI is InChI=1S/C18H20FNO3S/c1-22-16-3-2-4-17(11-16)23-10-9-20-18(21)13-24-12-14-5-7-15(19)8-6-14/h2-8,11H,9-10,12-13H2,1H3,(H,20,21). The second kappa shape index (κ2) is 9.82. The Bertz CT molecular complexity index is 649. The van der Waals surface area contributed by atoms with Gasteiger partial charge in [0.2, 0.25) is 5.91 Å². The number of hydrogen-bond acceptors (Lipinski definition) is 4. The van der Waals surface area contributed by atoms with Crippen LogP contribution in [0, 0.1) is 5.82 Å². The summed E-state index contributed by atoms with van der Waals surface area (Å²) in [6.07, 6.45) is 0. The monoisotopic (exact) mass is 349 g/mol. The Labute approximate surface area is 145 Å². The molecule has 4 nitrogen and oxygen atoms in total. The molecule has 0 saturated carbocycles. The maximum absolute atomic E-state index is 12.8. The van der Waals surface area contributed by atoms with E-state index in [-0.39, 0.29) is 11.7 Å². The molecular formula is C18H20FNO3S. The molecule has 0 bridgehead atoms. The van der Waals surface area contributed by atoms with E-state index in [0.29, 0.717) is 30.4 Å². The molecule has 0 aliphatic carbocycles. The molecule has 6 heteroatoms. The van der Waals surface area contributed by atoms with E-state index in [2.05, 4.69) is 5.32 Å². The molecule has 0 atom stereocenters. The van der Waals surface area contributed by atoms with Gasteiger partial charge in [0.05, 0.1) is 19.4 Å². The van der Waals surface area contributed by atoms with Crippen LogP contribution in [0.4, 0.5) is 4.39 Å². The van der Waals surface area contributed by atoms with Crippen molar-refractivity contribution in [2.45, 2.75) is 5.75 Å². The lowest BCUT2D eigenvalue weighted by atomic mass is 10.2. The number of carbonyl (C=O) groups is 1. The lowest BCUT2D eigenvalue weighted by Gasteiger charge is -2.09. The van der Waals surface area contributed by atoms with Gasteiger partial charge in [-0.15, -0.1) is 11.8 Å². The van der Waals surface area contributed by atoms with Gasteiger partial charge < -0.3 is 14.8 Å². The van der Waals surface area contributed by atoms with Crippen LogP contribution in [-0.4, -0.2) is 31.9 Å². The summed E-state index contributed by atoms with van der Waals surface area (Å²) in [6.45, 7) is 0.828. The van der Waals surface area contributed by atoms with Gasteiger partial charge in [-0.05, 0) is 29.8 Å².